The molecule has 1 atom stereocenters. The van der Waals surface area contributed by atoms with Gasteiger partial charge in [-0.2, -0.15) is 0 Å². The summed E-state index contributed by atoms with van der Waals surface area (Å²) in [7, 11) is 0. The van der Waals surface area contributed by atoms with E-state index in [1.54, 1.807) is 0 Å². The summed E-state index contributed by atoms with van der Waals surface area (Å²) in [6, 6.07) is 0. The molecule has 1 unspecified atom stereocenters. The van der Waals surface area contributed by atoms with E-state index in [0.717, 1.165) is 25.7 Å². The second kappa shape index (κ2) is 21.1. The predicted molar refractivity (Wildman–Crippen MR) is 121 cm³/mol. The first-order valence-electron chi connectivity index (χ1n) is 11.7. The maximum Gasteiger partial charge on any atom is 0.330 e. The maximum absolute atomic E-state index is 11.4. The molecule has 0 aromatic rings. The van der Waals surface area contributed by atoms with Gasteiger partial charge in [-0.05, 0) is 25.2 Å². The fraction of sp³-hybridized carbons (Fsp3) is 0.760. The normalized spacial score (nSPS) is 11.6. The fourth-order valence-corrected chi connectivity index (χ4v) is 3.43. The highest BCUT2D eigenvalue weighted by atomic mass is 16.5. The minimum Gasteiger partial charge on any atom is -0.463 e. The molecular weight excluding hydrogens is 364 g/mol. The number of rotatable bonds is 21. The van der Waals surface area contributed by atoms with Crippen molar-refractivity contribution in [3.63, 3.8) is 0 Å². The number of hydrogen-bond acceptors (Lipinski definition) is 4. The Morgan fingerprint density at radius 1 is 0.690 bits per heavy atom. The van der Waals surface area contributed by atoms with Crippen LogP contribution < -0.4 is 0 Å². The van der Waals surface area contributed by atoms with E-state index in [1.807, 2.05) is 0 Å². The van der Waals surface area contributed by atoms with Crippen LogP contribution in [0, 0.1) is 5.92 Å². The molecular formula is C25H44O4. The molecule has 168 valence electrons. The largest absolute Gasteiger partial charge is 0.463 e. The molecule has 0 amide bonds. The first-order chi connectivity index (χ1) is 14.1. The van der Waals surface area contributed by atoms with Gasteiger partial charge >= 0.3 is 11.9 Å². The first kappa shape index (κ1) is 27.4. The summed E-state index contributed by atoms with van der Waals surface area (Å²) in [6.07, 6.45) is 20.6. The van der Waals surface area contributed by atoms with Crippen LogP contribution in [-0.4, -0.2) is 25.2 Å². The molecule has 0 aromatic heterocycles. The Morgan fingerprint density at radius 3 is 1.66 bits per heavy atom. The van der Waals surface area contributed by atoms with E-state index in [0.29, 0.717) is 19.1 Å². The lowest BCUT2D eigenvalue weighted by Gasteiger charge is -2.16. The van der Waals surface area contributed by atoms with Gasteiger partial charge < -0.3 is 9.47 Å². The molecule has 0 radical (unpaired) electrons. The molecule has 0 bridgehead atoms. The van der Waals surface area contributed by atoms with Gasteiger partial charge in [0.25, 0.3) is 0 Å². The average Bonchev–Trinajstić information content (AvgIpc) is 2.74. The van der Waals surface area contributed by atoms with Gasteiger partial charge in [0.05, 0.1) is 13.2 Å². The van der Waals surface area contributed by atoms with E-state index >= 15 is 0 Å². The van der Waals surface area contributed by atoms with E-state index in [1.165, 1.54) is 82.8 Å². The third-order valence-electron chi connectivity index (χ3n) is 5.26. The van der Waals surface area contributed by atoms with Crippen molar-refractivity contribution in [3.8, 4) is 0 Å². The molecule has 0 saturated heterocycles. The smallest absolute Gasteiger partial charge is 0.330 e. The molecule has 0 aliphatic heterocycles. The molecule has 0 rings (SSSR count). The van der Waals surface area contributed by atoms with Crippen molar-refractivity contribution in [2.45, 2.75) is 103 Å². The number of esters is 2. The van der Waals surface area contributed by atoms with E-state index in [-0.39, 0.29) is 11.9 Å². The molecule has 0 saturated carbocycles. The Labute approximate surface area is 179 Å². The minimum atomic E-state index is -0.339. The lowest BCUT2D eigenvalue weighted by Crippen LogP contribution is -2.13. The molecule has 0 aliphatic carbocycles. The van der Waals surface area contributed by atoms with E-state index < -0.39 is 0 Å². The van der Waals surface area contributed by atoms with Gasteiger partial charge in [-0.1, -0.05) is 97.1 Å². The van der Waals surface area contributed by atoms with Crippen LogP contribution in [0.3, 0.4) is 0 Å². The second-order valence-electron chi connectivity index (χ2n) is 7.89. The maximum atomic E-state index is 11.4. The second-order valence-corrected chi connectivity index (χ2v) is 7.89. The van der Waals surface area contributed by atoms with Crippen molar-refractivity contribution in [2.75, 3.05) is 13.2 Å². The van der Waals surface area contributed by atoms with Crippen LogP contribution in [0.25, 0.3) is 0 Å². The molecule has 0 fully saturated rings. The highest BCUT2D eigenvalue weighted by Gasteiger charge is 2.11. The monoisotopic (exact) mass is 408 g/mol. The van der Waals surface area contributed by atoms with Crippen LogP contribution in [0.5, 0.6) is 0 Å². The van der Waals surface area contributed by atoms with Crippen LogP contribution in [0.1, 0.15) is 103 Å². The molecule has 4 nitrogen and oxygen atoms in total. The number of hydrogen-bond donors (Lipinski definition) is 0. The van der Waals surface area contributed by atoms with E-state index in [2.05, 4.69) is 20.1 Å². The third-order valence-corrected chi connectivity index (χ3v) is 5.26. The van der Waals surface area contributed by atoms with Gasteiger partial charge in [0.15, 0.2) is 0 Å². The summed E-state index contributed by atoms with van der Waals surface area (Å²) in [5.74, 6) is -0.186. The number of carbonyl (C=O) groups excluding carboxylic acids is 2. The zero-order valence-electron chi connectivity index (χ0n) is 18.8. The molecule has 0 N–H and O–H groups in total. The topological polar surface area (TPSA) is 52.6 Å². The molecule has 29 heavy (non-hydrogen) atoms. The zero-order valence-corrected chi connectivity index (χ0v) is 18.8. The summed E-state index contributed by atoms with van der Waals surface area (Å²) in [5, 5.41) is 0. The molecule has 0 aliphatic rings. The Morgan fingerprint density at radius 2 is 1.14 bits per heavy atom. The van der Waals surface area contributed by atoms with Crippen LogP contribution in [0.2, 0.25) is 0 Å². The number of carbonyl (C=O) groups is 2. The van der Waals surface area contributed by atoms with Crippen molar-refractivity contribution in [1.29, 1.82) is 0 Å². The van der Waals surface area contributed by atoms with Gasteiger partial charge in [0.1, 0.15) is 0 Å². The summed E-state index contributed by atoms with van der Waals surface area (Å²) in [5.41, 5.74) is 0. The quantitative estimate of drug-likeness (QED) is 0.117. The zero-order chi connectivity index (χ0) is 21.6. The van der Waals surface area contributed by atoms with E-state index in [4.69, 9.17) is 9.47 Å². The van der Waals surface area contributed by atoms with Gasteiger partial charge in [-0.3, -0.25) is 0 Å². The summed E-state index contributed by atoms with van der Waals surface area (Å²) >= 11 is 0. The fourth-order valence-electron chi connectivity index (χ4n) is 3.43. The van der Waals surface area contributed by atoms with Crippen LogP contribution in [-0.2, 0) is 19.1 Å². The van der Waals surface area contributed by atoms with Crippen molar-refractivity contribution in [1.82, 2.24) is 0 Å². The Hall–Kier alpha value is -1.58. The molecule has 0 spiro atoms. The molecule has 0 heterocycles. The molecule has 0 aromatic carbocycles. The Bertz CT molecular complexity index is 431. The summed E-state index contributed by atoms with van der Waals surface area (Å²) < 4.78 is 10.3. The van der Waals surface area contributed by atoms with Crippen molar-refractivity contribution in [2.24, 2.45) is 5.92 Å². The van der Waals surface area contributed by atoms with Crippen molar-refractivity contribution >= 4 is 11.9 Å². The number of unbranched alkanes of at least 4 members (excludes halogenated alkanes) is 11. The van der Waals surface area contributed by atoms with Gasteiger partial charge in [0, 0.05) is 12.2 Å². The van der Waals surface area contributed by atoms with Gasteiger partial charge in [-0.25, -0.2) is 9.59 Å². The third kappa shape index (κ3) is 19.5. The highest BCUT2D eigenvalue weighted by Crippen LogP contribution is 2.20. The van der Waals surface area contributed by atoms with Crippen LogP contribution >= 0.6 is 0 Å². The predicted octanol–water partition coefficient (Wildman–Crippen LogP) is 6.93. The van der Waals surface area contributed by atoms with Crippen LogP contribution in [0.15, 0.2) is 25.3 Å². The molecule has 4 heteroatoms. The van der Waals surface area contributed by atoms with E-state index in [9.17, 15) is 9.59 Å². The Balaban J connectivity index is 3.81. The van der Waals surface area contributed by atoms with Gasteiger partial charge in [0.2, 0.25) is 0 Å². The Kier molecular flexibility index (Phi) is 20.0. The number of ether oxygens (including phenoxy) is 2. The van der Waals surface area contributed by atoms with Crippen molar-refractivity contribution < 1.29 is 19.1 Å². The summed E-state index contributed by atoms with van der Waals surface area (Å²) in [6.45, 7) is 10.1. The average molecular weight is 409 g/mol. The van der Waals surface area contributed by atoms with Crippen molar-refractivity contribution in [3.05, 3.63) is 25.3 Å². The highest BCUT2D eigenvalue weighted by molar-refractivity contribution is 5.81. The minimum absolute atomic E-state index is 0.313. The first-order valence-corrected chi connectivity index (χ1v) is 11.7. The van der Waals surface area contributed by atoms with Gasteiger partial charge in [-0.15, -0.1) is 0 Å². The summed E-state index contributed by atoms with van der Waals surface area (Å²) in [4.78, 5) is 22.3. The lowest BCUT2D eigenvalue weighted by molar-refractivity contribution is -0.139. The lowest BCUT2D eigenvalue weighted by atomic mass is 9.94. The van der Waals surface area contributed by atoms with Crippen LogP contribution in [0.4, 0.5) is 0 Å². The SMILES string of the molecule is C=CC(=O)OCCCCCCCCC(CCCCCCCCC)COC(=O)C=C. The standard InChI is InChI=1S/C25H44O4/c1-4-7-8-9-10-13-16-19-23(22-29-25(27)6-3)20-17-14-11-12-15-18-21-28-24(26)5-2/h5-6,23H,2-4,7-22H2,1H3.